The molecule has 1 aliphatic heterocycles. The molecule has 0 fully saturated rings. The number of hydrogen-bond acceptors (Lipinski definition) is 5. The third kappa shape index (κ3) is 1.57. The quantitative estimate of drug-likeness (QED) is 0.848. The maximum atomic E-state index is 13.8. The molecule has 0 saturated heterocycles. The van der Waals surface area contributed by atoms with Gasteiger partial charge in [0, 0.05) is 6.42 Å². The number of hydrogen-bond donors (Lipinski definition) is 1. The van der Waals surface area contributed by atoms with E-state index >= 15 is 0 Å². The van der Waals surface area contributed by atoms with Crippen LogP contribution in [0.2, 0.25) is 0 Å². The van der Waals surface area contributed by atoms with Gasteiger partial charge in [0.1, 0.15) is 17.1 Å². The molecule has 0 aliphatic carbocycles. The summed E-state index contributed by atoms with van der Waals surface area (Å²) in [5, 5.41) is 3.71. The fraction of sp³-hybridized carbons (Fsp3) is 0.273. The molecule has 3 rings (SSSR count). The SMILES string of the molecule is NCc1nc(-c2c(F)ccc3c2OCC3)no1. The molecule has 0 spiro atoms. The molecule has 6 heteroatoms. The molecule has 2 heterocycles. The lowest BCUT2D eigenvalue weighted by Gasteiger charge is -2.05. The molecule has 1 aromatic carbocycles. The average molecular weight is 235 g/mol. The van der Waals surface area contributed by atoms with Crippen LogP contribution in [0.3, 0.4) is 0 Å². The highest BCUT2D eigenvalue weighted by Gasteiger charge is 2.24. The molecule has 0 bridgehead atoms. The van der Waals surface area contributed by atoms with Gasteiger partial charge in [-0.05, 0) is 11.6 Å². The summed E-state index contributed by atoms with van der Waals surface area (Å²) in [6, 6.07) is 3.10. The summed E-state index contributed by atoms with van der Waals surface area (Å²) in [6.07, 6.45) is 0.768. The topological polar surface area (TPSA) is 74.2 Å². The fourth-order valence-corrected chi connectivity index (χ4v) is 1.87. The maximum absolute atomic E-state index is 13.8. The van der Waals surface area contributed by atoms with E-state index in [-0.39, 0.29) is 23.8 Å². The van der Waals surface area contributed by atoms with E-state index in [0.29, 0.717) is 12.4 Å². The number of aromatic nitrogens is 2. The molecule has 88 valence electrons. The van der Waals surface area contributed by atoms with Crippen LogP contribution in [0.5, 0.6) is 5.75 Å². The minimum absolute atomic E-state index is 0.129. The van der Waals surface area contributed by atoms with Crippen molar-refractivity contribution in [3.05, 3.63) is 29.4 Å². The molecule has 2 N–H and O–H groups in total. The van der Waals surface area contributed by atoms with Crippen molar-refractivity contribution in [1.29, 1.82) is 0 Å². The monoisotopic (exact) mass is 235 g/mol. The van der Waals surface area contributed by atoms with Crippen molar-refractivity contribution in [3.8, 4) is 17.1 Å². The van der Waals surface area contributed by atoms with Crippen molar-refractivity contribution < 1.29 is 13.7 Å². The number of benzene rings is 1. The Kier molecular flexibility index (Phi) is 2.29. The molecule has 0 unspecified atom stereocenters. The van der Waals surface area contributed by atoms with Crippen molar-refractivity contribution in [2.24, 2.45) is 5.73 Å². The molecule has 0 saturated carbocycles. The molecular weight excluding hydrogens is 225 g/mol. The van der Waals surface area contributed by atoms with Crippen molar-refractivity contribution >= 4 is 0 Å². The van der Waals surface area contributed by atoms with Gasteiger partial charge in [-0.1, -0.05) is 11.2 Å². The van der Waals surface area contributed by atoms with Crippen LogP contribution < -0.4 is 10.5 Å². The Morgan fingerprint density at radius 2 is 2.29 bits per heavy atom. The second-order valence-electron chi connectivity index (χ2n) is 3.72. The van der Waals surface area contributed by atoms with E-state index in [2.05, 4.69) is 10.1 Å². The van der Waals surface area contributed by atoms with Crippen LogP contribution in [0, 0.1) is 5.82 Å². The summed E-state index contributed by atoms with van der Waals surface area (Å²) >= 11 is 0. The van der Waals surface area contributed by atoms with Gasteiger partial charge in [0.25, 0.3) is 0 Å². The second kappa shape index (κ2) is 3.81. The highest BCUT2D eigenvalue weighted by atomic mass is 19.1. The third-order valence-electron chi connectivity index (χ3n) is 2.67. The predicted molar refractivity (Wildman–Crippen MR) is 56.8 cm³/mol. The molecule has 1 aliphatic rings. The molecule has 5 nitrogen and oxygen atoms in total. The van der Waals surface area contributed by atoms with Crippen LogP contribution in [-0.4, -0.2) is 16.7 Å². The lowest BCUT2D eigenvalue weighted by atomic mass is 10.1. The van der Waals surface area contributed by atoms with Crippen molar-refractivity contribution in [2.75, 3.05) is 6.61 Å². The summed E-state index contributed by atoms with van der Waals surface area (Å²) in [4.78, 5) is 4.01. The largest absolute Gasteiger partial charge is 0.492 e. The average Bonchev–Trinajstić information content (AvgIpc) is 2.96. The van der Waals surface area contributed by atoms with Crippen LogP contribution >= 0.6 is 0 Å². The van der Waals surface area contributed by atoms with Crippen molar-refractivity contribution in [1.82, 2.24) is 10.1 Å². The Morgan fingerprint density at radius 3 is 3.06 bits per heavy atom. The molecule has 17 heavy (non-hydrogen) atoms. The van der Waals surface area contributed by atoms with Gasteiger partial charge in [0.2, 0.25) is 11.7 Å². The first-order chi connectivity index (χ1) is 8.29. The Hall–Kier alpha value is -1.95. The molecule has 1 aromatic heterocycles. The maximum Gasteiger partial charge on any atom is 0.240 e. The minimum atomic E-state index is -0.421. The Morgan fingerprint density at radius 1 is 1.41 bits per heavy atom. The van der Waals surface area contributed by atoms with Crippen LogP contribution in [0.25, 0.3) is 11.4 Å². The van der Waals surface area contributed by atoms with Crippen LogP contribution in [0.4, 0.5) is 4.39 Å². The van der Waals surface area contributed by atoms with Gasteiger partial charge in [0.15, 0.2) is 0 Å². The van der Waals surface area contributed by atoms with Gasteiger partial charge in [-0.15, -0.1) is 0 Å². The highest BCUT2D eigenvalue weighted by molar-refractivity contribution is 5.68. The van der Waals surface area contributed by atoms with Gasteiger partial charge in [0.05, 0.1) is 13.2 Å². The number of fused-ring (bicyclic) bond motifs is 1. The van der Waals surface area contributed by atoms with Crippen molar-refractivity contribution in [2.45, 2.75) is 13.0 Å². The van der Waals surface area contributed by atoms with E-state index in [9.17, 15) is 4.39 Å². The van der Waals surface area contributed by atoms with Gasteiger partial charge < -0.3 is 15.0 Å². The van der Waals surface area contributed by atoms with E-state index < -0.39 is 5.82 Å². The zero-order valence-corrected chi connectivity index (χ0v) is 8.94. The summed E-state index contributed by atoms with van der Waals surface area (Å²) in [5.74, 6) is 0.543. The molecule has 0 atom stereocenters. The Bertz CT molecular complexity index is 568. The Labute approximate surface area is 96.4 Å². The summed E-state index contributed by atoms with van der Waals surface area (Å²) < 4.78 is 24.1. The van der Waals surface area contributed by atoms with Crippen LogP contribution in [0.15, 0.2) is 16.7 Å². The predicted octanol–water partition coefficient (Wildman–Crippen LogP) is 1.27. The first-order valence-corrected chi connectivity index (χ1v) is 5.27. The van der Waals surface area contributed by atoms with Gasteiger partial charge in [-0.25, -0.2) is 4.39 Å². The highest BCUT2D eigenvalue weighted by Crippen LogP contribution is 2.37. The van der Waals surface area contributed by atoms with Gasteiger partial charge >= 0.3 is 0 Å². The lowest BCUT2D eigenvalue weighted by Crippen LogP contribution is -1.97. The zero-order valence-electron chi connectivity index (χ0n) is 8.94. The fourth-order valence-electron chi connectivity index (χ4n) is 1.87. The zero-order chi connectivity index (χ0) is 11.8. The molecular formula is C11H10FN3O2. The standard InChI is InChI=1S/C11H10FN3O2/c12-7-2-1-6-3-4-16-10(6)9(7)11-14-8(5-13)17-15-11/h1-2H,3-5,13H2. The molecule has 0 amide bonds. The van der Waals surface area contributed by atoms with Crippen molar-refractivity contribution in [3.63, 3.8) is 0 Å². The summed E-state index contributed by atoms with van der Waals surface area (Å²) in [6.45, 7) is 0.678. The van der Waals surface area contributed by atoms with E-state index in [1.807, 2.05) is 0 Å². The normalized spacial score (nSPS) is 13.5. The minimum Gasteiger partial charge on any atom is -0.492 e. The number of ether oxygens (including phenoxy) is 1. The van der Waals surface area contributed by atoms with Crippen LogP contribution in [0.1, 0.15) is 11.5 Å². The first kappa shape index (κ1) is 10.2. The smallest absolute Gasteiger partial charge is 0.240 e. The number of rotatable bonds is 2. The molecule has 0 radical (unpaired) electrons. The number of nitrogens with two attached hydrogens (primary N) is 1. The number of halogens is 1. The lowest BCUT2D eigenvalue weighted by molar-refractivity contribution is 0.355. The summed E-state index contributed by atoms with van der Waals surface area (Å²) in [7, 11) is 0. The van der Waals surface area contributed by atoms with Gasteiger partial charge in [-0.3, -0.25) is 0 Å². The third-order valence-corrected chi connectivity index (χ3v) is 2.67. The first-order valence-electron chi connectivity index (χ1n) is 5.27. The number of nitrogens with zero attached hydrogens (tertiary/aromatic N) is 2. The van der Waals surface area contributed by atoms with E-state index in [1.165, 1.54) is 6.07 Å². The van der Waals surface area contributed by atoms with E-state index in [4.69, 9.17) is 15.0 Å². The molecule has 2 aromatic rings. The second-order valence-corrected chi connectivity index (χ2v) is 3.72. The van der Waals surface area contributed by atoms with Gasteiger partial charge in [-0.2, -0.15) is 4.98 Å². The van der Waals surface area contributed by atoms with E-state index in [1.54, 1.807) is 6.07 Å². The van der Waals surface area contributed by atoms with Crippen LogP contribution in [-0.2, 0) is 13.0 Å². The van der Waals surface area contributed by atoms with E-state index in [0.717, 1.165) is 12.0 Å². The summed E-state index contributed by atoms with van der Waals surface area (Å²) in [5.41, 5.74) is 6.58. The Balaban J connectivity index is 2.16.